The van der Waals surface area contributed by atoms with Crippen LogP contribution in [0.5, 0.6) is 0 Å². The first kappa shape index (κ1) is 19.1. The number of aliphatic carboxylic acids is 1. The van der Waals surface area contributed by atoms with Gasteiger partial charge in [0.05, 0.1) is 11.5 Å². The lowest BCUT2D eigenvalue weighted by atomic mass is 9.94. The first-order chi connectivity index (χ1) is 10.2. The van der Waals surface area contributed by atoms with Crippen LogP contribution in [0, 0.1) is 12.3 Å². The van der Waals surface area contributed by atoms with Gasteiger partial charge < -0.3 is 14.8 Å². The number of nitrogens with zero attached hydrogens (tertiary/aromatic N) is 1. The van der Waals surface area contributed by atoms with Gasteiger partial charge in [-0.15, -0.1) is 6.42 Å². The number of carbonyl (C=O) groups is 1. The molecule has 1 aliphatic rings. The number of carboxylic acid groups (broad SMARTS) is 1. The average Bonchev–Trinajstić information content (AvgIpc) is 2.34. The third kappa shape index (κ3) is 4.29. The molecule has 1 N–H and O–H groups in total. The summed E-state index contributed by atoms with van der Waals surface area (Å²) in [5, 5.41) is 14.2. The van der Waals surface area contributed by atoms with Gasteiger partial charge in [0.15, 0.2) is 0 Å². The van der Waals surface area contributed by atoms with E-state index in [4.69, 9.17) is 6.42 Å². The molecule has 0 aromatic rings. The molecule has 1 heterocycles. The van der Waals surface area contributed by atoms with Crippen molar-refractivity contribution in [2.45, 2.75) is 58.0 Å². The third-order valence-electron chi connectivity index (χ3n) is 3.28. The maximum absolute atomic E-state index is 13.4. The van der Waals surface area contributed by atoms with Crippen molar-refractivity contribution in [1.82, 2.24) is 10.2 Å². The van der Waals surface area contributed by atoms with E-state index in [0.717, 1.165) is 11.0 Å². The maximum Gasteiger partial charge on any atom is 0.431 e. The minimum atomic E-state index is -4.68. The van der Waals surface area contributed by atoms with Gasteiger partial charge in [-0.25, -0.2) is 0 Å². The third-order valence-corrected chi connectivity index (χ3v) is 3.28. The van der Waals surface area contributed by atoms with Crippen molar-refractivity contribution >= 4 is 5.97 Å². The maximum atomic E-state index is 13.4. The van der Waals surface area contributed by atoms with Crippen molar-refractivity contribution in [1.29, 1.82) is 0 Å². The van der Waals surface area contributed by atoms with E-state index in [9.17, 15) is 23.1 Å². The van der Waals surface area contributed by atoms with Crippen molar-refractivity contribution in [2.24, 2.45) is 0 Å². The van der Waals surface area contributed by atoms with Crippen LogP contribution >= 0.6 is 0 Å². The molecule has 4 nitrogen and oxygen atoms in total. The summed E-state index contributed by atoms with van der Waals surface area (Å²) in [4.78, 5) is 12.2. The van der Waals surface area contributed by atoms with Gasteiger partial charge in [0.1, 0.15) is 11.9 Å². The zero-order valence-corrected chi connectivity index (χ0v) is 13.7. The second-order valence-corrected chi connectivity index (χ2v) is 6.83. The molecular weight excluding hydrogens is 309 g/mol. The van der Waals surface area contributed by atoms with Crippen LogP contribution in [0.25, 0.3) is 0 Å². The number of allylic oxidation sites excluding steroid dienone is 3. The molecule has 0 saturated carbocycles. The molecule has 0 aliphatic carbocycles. The van der Waals surface area contributed by atoms with E-state index in [-0.39, 0.29) is 5.57 Å². The summed E-state index contributed by atoms with van der Waals surface area (Å²) in [5.41, 5.74) is -3.35. The molecule has 0 bridgehead atoms. The summed E-state index contributed by atoms with van der Waals surface area (Å²) < 4.78 is 40.2. The Labute approximate surface area is 134 Å². The van der Waals surface area contributed by atoms with Crippen LogP contribution in [0.2, 0.25) is 0 Å². The van der Waals surface area contributed by atoms with Crippen LogP contribution in [0.4, 0.5) is 13.2 Å². The molecule has 128 valence electrons. The Hall–Kier alpha value is -1.94. The van der Waals surface area contributed by atoms with Gasteiger partial charge >= 0.3 is 6.18 Å². The number of rotatable bonds is 3. The zero-order valence-electron chi connectivity index (χ0n) is 13.7. The number of carbonyl (C=O) groups excluding carboxylic acids is 1. The average molecular weight is 329 g/mol. The molecule has 1 rings (SSSR count). The Morgan fingerprint density at radius 2 is 1.78 bits per heavy atom. The second-order valence-electron chi connectivity index (χ2n) is 6.83. The Kier molecular flexibility index (Phi) is 4.93. The molecule has 0 aromatic heterocycles. The number of alkyl halides is 3. The van der Waals surface area contributed by atoms with Crippen LogP contribution in [0.3, 0.4) is 0 Å². The molecule has 0 saturated heterocycles. The predicted octanol–water partition coefficient (Wildman–Crippen LogP) is 1.55. The summed E-state index contributed by atoms with van der Waals surface area (Å²) >= 11 is 0. The molecule has 0 amide bonds. The highest BCUT2D eigenvalue weighted by Gasteiger charge is 2.47. The molecule has 1 atom stereocenters. The Morgan fingerprint density at radius 1 is 1.26 bits per heavy atom. The normalized spacial score (nSPS) is 19.8. The van der Waals surface area contributed by atoms with E-state index < -0.39 is 35.1 Å². The summed E-state index contributed by atoms with van der Waals surface area (Å²) in [6, 6.07) is 0. The first-order valence-corrected chi connectivity index (χ1v) is 6.96. The molecule has 0 fully saturated rings. The lowest BCUT2D eigenvalue weighted by molar-refractivity contribution is -0.300. The minimum absolute atomic E-state index is 0.309. The van der Waals surface area contributed by atoms with Gasteiger partial charge in [0, 0.05) is 11.1 Å². The predicted molar refractivity (Wildman–Crippen MR) is 78.7 cm³/mol. The highest BCUT2D eigenvalue weighted by atomic mass is 19.4. The lowest BCUT2D eigenvalue weighted by Crippen LogP contribution is -2.63. The summed E-state index contributed by atoms with van der Waals surface area (Å²) in [5.74, 6) is 0.739. The van der Waals surface area contributed by atoms with Gasteiger partial charge in [-0.1, -0.05) is 12.0 Å². The number of hydrogen-bond acceptors (Lipinski definition) is 4. The fraction of sp³-hybridized carbons (Fsp3) is 0.562. The topological polar surface area (TPSA) is 55.4 Å². The van der Waals surface area contributed by atoms with Crippen LogP contribution in [-0.4, -0.2) is 34.3 Å². The zero-order chi connectivity index (χ0) is 18.2. The largest absolute Gasteiger partial charge is 0.545 e. The van der Waals surface area contributed by atoms with Crippen molar-refractivity contribution in [3.63, 3.8) is 0 Å². The monoisotopic (exact) mass is 329 g/mol. The Bertz CT molecular complexity index is 590. The standard InChI is InChI=1S/C16H21F3N2O2/c1-7-15(5,6)21-11(16(17,18)19)9-8-10(13(22)23)12(21)20-14(2,3)4/h1,8-9,12,20H,2-6H3,(H,22,23)/p-1. The van der Waals surface area contributed by atoms with E-state index in [1.165, 1.54) is 13.8 Å². The number of carboxylic acids is 1. The number of terminal acetylenes is 1. The van der Waals surface area contributed by atoms with Crippen molar-refractivity contribution in [3.05, 3.63) is 23.4 Å². The quantitative estimate of drug-likeness (QED) is 0.798. The molecule has 0 spiro atoms. The highest BCUT2D eigenvalue weighted by Crippen LogP contribution is 2.38. The fourth-order valence-electron chi connectivity index (χ4n) is 2.27. The van der Waals surface area contributed by atoms with Gasteiger partial charge in [-0.3, -0.25) is 5.32 Å². The minimum Gasteiger partial charge on any atom is -0.545 e. The molecule has 1 aliphatic heterocycles. The van der Waals surface area contributed by atoms with Crippen molar-refractivity contribution in [2.75, 3.05) is 0 Å². The molecule has 1 unspecified atom stereocenters. The van der Waals surface area contributed by atoms with Crippen LogP contribution in [-0.2, 0) is 4.79 Å². The van der Waals surface area contributed by atoms with Gasteiger partial charge in [0.2, 0.25) is 0 Å². The lowest BCUT2D eigenvalue weighted by Gasteiger charge is -2.48. The van der Waals surface area contributed by atoms with Crippen LogP contribution in [0.15, 0.2) is 23.4 Å². The second kappa shape index (κ2) is 5.93. The summed E-state index contributed by atoms with van der Waals surface area (Å²) in [6.07, 6.45) is 1.06. The summed E-state index contributed by atoms with van der Waals surface area (Å²) in [7, 11) is 0. The molecule has 7 heteroatoms. The van der Waals surface area contributed by atoms with Gasteiger partial charge in [-0.05, 0) is 40.7 Å². The van der Waals surface area contributed by atoms with Gasteiger partial charge in [0.25, 0.3) is 0 Å². The van der Waals surface area contributed by atoms with Crippen LogP contribution in [0.1, 0.15) is 34.6 Å². The molecule has 0 radical (unpaired) electrons. The van der Waals surface area contributed by atoms with E-state index >= 15 is 0 Å². The van der Waals surface area contributed by atoms with Crippen molar-refractivity contribution < 1.29 is 23.1 Å². The molecule has 0 aromatic carbocycles. The SMILES string of the molecule is C#CC(C)(C)N1C(C(F)(F)F)=CC=C(C(=O)[O-])C1NC(C)(C)C. The number of hydrogen-bond donors (Lipinski definition) is 1. The van der Waals surface area contributed by atoms with Gasteiger partial charge in [-0.2, -0.15) is 13.2 Å². The highest BCUT2D eigenvalue weighted by molar-refractivity contribution is 5.87. The van der Waals surface area contributed by atoms with E-state index in [1.807, 2.05) is 0 Å². The smallest absolute Gasteiger partial charge is 0.431 e. The Morgan fingerprint density at radius 3 is 2.13 bits per heavy atom. The van der Waals surface area contributed by atoms with E-state index in [2.05, 4.69) is 11.2 Å². The number of halogens is 3. The fourth-order valence-corrected chi connectivity index (χ4v) is 2.27. The molecule has 23 heavy (non-hydrogen) atoms. The Balaban J connectivity index is 3.57. The summed E-state index contributed by atoms with van der Waals surface area (Å²) in [6.45, 7) is 7.98. The molecular formula is C16H20F3N2O2-. The van der Waals surface area contributed by atoms with E-state index in [1.54, 1.807) is 20.8 Å². The van der Waals surface area contributed by atoms with E-state index in [0.29, 0.717) is 6.08 Å². The number of nitrogens with one attached hydrogen (secondary N) is 1. The van der Waals surface area contributed by atoms with Crippen LogP contribution < -0.4 is 10.4 Å². The first-order valence-electron chi connectivity index (χ1n) is 6.96. The van der Waals surface area contributed by atoms with Crippen molar-refractivity contribution in [3.8, 4) is 12.3 Å².